The monoisotopic (exact) mass is 371 g/mol. The molecule has 2 rings (SSSR count). The molecule has 0 fully saturated rings. The first-order chi connectivity index (χ1) is 9.94. The number of benzene rings is 1. The summed E-state index contributed by atoms with van der Waals surface area (Å²) in [7, 11) is -3.58. The van der Waals surface area contributed by atoms with Gasteiger partial charge in [-0.3, -0.25) is 5.10 Å². The largest absolute Gasteiger partial charge is 0.281 e. The molecule has 5 nitrogen and oxygen atoms in total. The molecule has 0 aliphatic heterocycles. The molecule has 1 aromatic heterocycles. The maximum absolute atomic E-state index is 12.5. The lowest BCUT2D eigenvalue weighted by atomic mass is 10.1. The van der Waals surface area contributed by atoms with Gasteiger partial charge in [0.25, 0.3) is 0 Å². The number of aromatic nitrogens is 2. The molecule has 21 heavy (non-hydrogen) atoms. The van der Waals surface area contributed by atoms with Crippen LogP contribution < -0.4 is 4.72 Å². The highest BCUT2D eigenvalue weighted by Crippen LogP contribution is 2.17. The number of nitrogens with one attached hydrogen (secondary N) is 2. The second-order valence-electron chi connectivity index (χ2n) is 4.93. The zero-order chi connectivity index (χ0) is 15.5. The van der Waals surface area contributed by atoms with E-state index in [0.29, 0.717) is 23.1 Å². The van der Waals surface area contributed by atoms with E-state index in [-0.39, 0.29) is 10.9 Å². The number of aromatic amines is 1. The third-order valence-corrected chi connectivity index (χ3v) is 5.73. The number of hydrogen-bond acceptors (Lipinski definition) is 3. The van der Waals surface area contributed by atoms with Gasteiger partial charge < -0.3 is 0 Å². The number of rotatable bonds is 6. The summed E-state index contributed by atoms with van der Waals surface area (Å²) in [6.45, 7) is 3.38. The molecule has 0 bridgehead atoms. The SMILES string of the molecule is Cc1n[nH]c(C)c1S(=O)(=O)NC(CBr)Cc1ccccc1. The van der Waals surface area contributed by atoms with Crippen LogP contribution in [0.5, 0.6) is 0 Å². The summed E-state index contributed by atoms with van der Waals surface area (Å²) in [5, 5.41) is 7.19. The molecule has 0 saturated heterocycles. The zero-order valence-electron chi connectivity index (χ0n) is 11.9. The Kier molecular flexibility index (Phi) is 5.18. The normalized spacial score (nSPS) is 13.3. The third kappa shape index (κ3) is 3.93. The quantitative estimate of drug-likeness (QED) is 0.765. The van der Waals surface area contributed by atoms with Gasteiger partial charge in [-0.05, 0) is 25.8 Å². The van der Waals surface area contributed by atoms with Gasteiger partial charge in [0.05, 0.1) is 11.4 Å². The average molecular weight is 372 g/mol. The van der Waals surface area contributed by atoms with Crippen LogP contribution in [-0.2, 0) is 16.4 Å². The molecule has 0 radical (unpaired) electrons. The van der Waals surface area contributed by atoms with E-state index >= 15 is 0 Å². The Morgan fingerprint density at radius 3 is 2.48 bits per heavy atom. The van der Waals surface area contributed by atoms with Gasteiger partial charge in [-0.1, -0.05) is 46.3 Å². The molecule has 0 aliphatic carbocycles. The number of H-pyrrole nitrogens is 1. The van der Waals surface area contributed by atoms with Gasteiger partial charge in [-0.25, -0.2) is 13.1 Å². The molecule has 2 aromatic rings. The molecule has 0 amide bonds. The highest BCUT2D eigenvalue weighted by Gasteiger charge is 2.25. The van der Waals surface area contributed by atoms with Crippen molar-refractivity contribution in [1.29, 1.82) is 0 Å². The Balaban J connectivity index is 2.18. The molecule has 0 spiro atoms. The summed E-state index contributed by atoms with van der Waals surface area (Å²) in [6.07, 6.45) is 0.626. The van der Waals surface area contributed by atoms with E-state index in [4.69, 9.17) is 0 Å². The van der Waals surface area contributed by atoms with Crippen molar-refractivity contribution in [3.63, 3.8) is 0 Å². The number of nitrogens with zero attached hydrogens (tertiary/aromatic N) is 1. The topological polar surface area (TPSA) is 74.8 Å². The van der Waals surface area contributed by atoms with Gasteiger partial charge in [0.15, 0.2) is 0 Å². The van der Waals surface area contributed by atoms with Crippen LogP contribution in [0.25, 0.3) is 0 Å². The van der Waals surface area contributed by atoms with Crippen LogP contribution in [0.3, 0.4) is 0 Å². The van der Waals surface area contributed by atoms with Gasteiger partial charge in [-0.15, -0.1) is 0 Å². The Morgan fingerprint density at radius 1 is 1.29 bits per heavy atom. The molecule has 7 heteroatoms. The van der Waals surface area contributed by atoms with E-state index in [1.54, 1.807) is 13.8 Å². The first kappa shape index (κ1) is 16.2. The molecule has 1 unspecified atom stereocenters. The van der Waals surface area contributed by atoms with Crippen LogP contribution in [0, 0.1) is 13.8 Å². The van der Waals surface area contributed by atoms with Gasteiger partial charge in [-0.2, -0.15) is 5.10 Å². The summed E-state index contributed by atoms with van der Waals surface area (Å²) in [5.74, 6) is 0. The predicted octanol–water partition coefficient (Wildman–Crippen LogP) is 2.31. The second-order valence-corrected chi connectivity index (χ2v) is 7.22. The van der Waals surface area contributed by atoms with Crippen LogP contribution >= 0.6 is 15.9 Å². The van der Waals surface area contributed by atoms with E-state index in [2.05, 4.69) is 30.8 Å². The summed E-state index contributed by atoms with van der Waals surface area (Å²) in [6, 6.07) is 9.58. The first-order valence-corrected chi connectivity index (χ1v) is 9.18. The number of hydrogen-bond donors (Lipinski definition) is 2. The summed E-state index contributed by atoms with van der Waals surface area (Å²) < 4.78 is 27.7. The molecular formula is C14H18BrN3O2S. The first-order valence-electron chi connectivity index (χ1n) is 6.58. The average Bonchev–Trinajstić information content (AvgIpc) is 2.79. The smallest absolute Gasteiger partial charge is 0.244 e. The van der Waals surface area contributed by atoms with Crippen LogP contribution in [0.2, 0.25) is 0 Å². The Labute approximate surface area is 133 Å². The van der Waals surface area contributed by atoms with Crippen molar-refractivity contribution in [2.45, 2.75) is 31.2 Å². The Morgan fingerprint density at radius 2 is 1.95 bits per heavy atom. The highest BCUT2D eigenvalue weighted by atomic mass is 79.9. The molecule has 1 aromatic carbocycles. The second kappa shape index (κ2) is 6.72. The lowest BCUT2D eigenvalue weighted by Gasteiger charge is -2.16. The third-order valence-electron chi connectivity index (χ3n) is 3.16. The van der Waals surface area contributed by atoms with Crippen LogP contribution in [0.15, 0.2) is 35.2 Å². The van der Waals surface area contributed by atoms with E-state index in [0.717, 1.165) is 5.56 Å². The Hall–Kier alpha value is -1.18. The van der Waals surface area contributed by atoms with Crippen molar-refractivity contribution in [1.82, 2.24) is 14.9 Å². The van der Waals surface area contributed by atoms with E-state index < -0.39 is 10.0 Å². The number of halogens is 1. The molecule has 114 valence electrons. The number of alkyl halides is 1. The number of aryl methyl sites for hydroxylation is 2. The summed E-state index contributed by atoms with van der Waals surface area (Å²) in [5.41, 5.74) is 2.12. The molecule has 2 N–H and O–H groups in total. The maximum Gasteiger partial charge on any atom is 0.244 e. The lowest BCUT2D eigenvalue weighted by molar-refractivity contribution is 0.561. The van der Waals surface area contributed by atoms with Crippen LogP contribution in [0.4, 0.5) is 0 Å². The fourth-order valence-electron chi connectivity index (χ4n) is 2.24. The minimum absolute atomic E-state index is 0.217. The molecule has 1 heterocycles. The highest BCUT2D eigenvalue weighted by molar-refractivity contribution is 9.09. The van der Waals surface area contributed by atoms with Crippen LogP contribution in [0.1, 0.15) is 17.0 Å². The summed E-state index contributed by atoms with van der Waals surface area (Å²) >= 11 is 3.38. The van der Waals surface area contributed by atoms with E-state index in [1.807, 2.05) is 30.3 Å². The van der Waals surface area contributed by atoms with E-state index in [9.17, 15) is 8.42 Å². The fourth-order valence-corrected chi connectivity index (χ4v) is 4.45. The van der Waals surface area contributed by atoms with Crippen molar-refractivity contribution in [2.24, 2.45) is 0 Å². The lowest BCUT2D eigenvalue weighted by Crippen LogP contribution is -2.38. The van der Waals surface area contributed by atoms with Crippen molar-refractivity contribution < 1.29 is 8.42 Å². The van der Waals surface area contributed by atoms with Crippen molar-refractivity contribution in [3.05, 3.63) is 47.3 Å². The van der Waals surface area contributed by atoms with E-state index in [1.165, 1.54) is 0 Å². The van der Waals surface area contributed by atoms with Gasteiger partial charge in [0.1, 0.15) is 4.90 Å². The minimum atomic E-state index is -3.58. The summed E-state index contributed by atoms with van der Waals surface area (Å²) in [4.78, 5) is 0.238. The zero-order valence-corrected chi connectivity index (χ0v) is 14.3. The van der Waals surface area contributed by atoms with Crippen molar-refractivity contribution in [3.8, 4) is 0 Å². The maximum atomic E-state index is 12.5. The predicted molar refractivity (Wildman–Crippen MR) is 86.1 cm³/mol. The van der Waals surface area contributed by atoms with Gasteiger partial charge in [0.2, 0.25) is 10.0 Å². The number of sulfonamides is 1. The van der Waals surface area contributed by atoms with Gasteiger partial charge >= 0.3 is 0 Å². The fraction of sp³-hybridized carbons (Fsp3) is 0.357. The standard InChI is InChI=1S/C14H18BrN3O2S/c1-10-14(11(2)17-16-10)21(19,20)18-13(9-15)8-12-6-4-3-5-7-12/h3-7,13,18H,8-9H2,1-2H3,(H,16,17). The molecule has 1 atom stereocenters. The van der Waals surface area contributed by atoms with Crippen molar-refractivity contribution >= 4 is 26.0 Å². The minimum Gasteiger partial charge on any atom is -0.281 e. The molecular weight excluding hydrogens is 354 g/mol. The van der Waals surface area contributed by atoms with Crippen LogP contribution in [-0.4, -0.2) is 30.0 Å². The van der Waals surface area contributed by atoms with Crippen molar-refractivity contribution in [2.75, 3.05) is 5.33 Å². The molecule has 0 saturated carbocycles. The van der Waals surface area contributed by atoms with Gasteiger partial charge in [0, 0.05) is 11.4 Å². The molecule has 0 aliphatic rings. The Bertz CT molecular complexity index is 679.